The first kappa shape index (κ1) is 17.0. The molecule has 0 bridgehead atoms. The quantitative estimate of drug-likeness (QED) is 0.689. The van der Waals surface area contributed by atoms with Gasteiger partial charge in [0.25, 0.3) is 17.7 Å². The maximum atomic E-state index is 12.6. The molecule has 0 radical (unpaired) electrons. The molecule has 5 nitrogen and oxygen atoms in total. The minimum atomic E-state index is -0.378. The molecule has 0 aliphatic carbocycles. The second-order valence-corrected chi connectivity index (χ2v) is 6.44. The molecule has 0 saturated heterocycles. The fourth-order valence-corrected chi connectivity index (χ4v) is 3.08. The molecule has 0 unspecified atom stereocenters. The summed E-state index contributed by atoms with van der Waals surface area (Å²) in [7, 11) is 0. The van der Waals surface area contributed by atoms with Gasteiger partial charge in [-0.05, 0) is 54.6 Å². The van der Waals surface area contributed by atoms with E-state index in [9.17, 15) is 14.4 Å². The number of rotatable bonds is 3. The summed E-state index contributed by atoms with van der Waals surface area (Å²) in [6.07, 6.45) is 0. The van der Waals surface area contributed by atoms with Gasteiger partial charge in [-0.2, -0.15) is 0 Å². The van der Waals surface area contributed by atoms with Crippen LogP contribution in [0.3, 0.4) is 0 Å². The Morgan fingerprint density at radius 2 is 1.44 bits per heavy atom. The summed E-state index contributed by atoms with van der Waals surface area (Å²) in [6, 6.07) is 19.8. The number of nitrogens with one attached hydrogen (secondary N) is 1. The molecule has 3 aromatic carbocycles. The van der Waals surface area contributed by atoms with Crippen LogP contribution in [-0.4, -0.2) is 17.7 Å². The van der Waals surface area contributed by atoms with E-state index in [0.29, 0.717) is 33.1 Å². The third kappa shape index (κ3) is 3.09. The summed E-state index contributed by atoms with van der Waals surface area (Å²) >= 11 is 5.83. The largest absolute Gasteiger partial charge is 0.322 e. The molecular weight excluding hydrogens is 364 g/mol. The van der Waals surface area contributed by atoms with Crippen LogP contribution in [0.5, 0.6) is 0 Å². The van der Waals surface area contributed by atoms with Crippen molar-refractivity contribution in [1.82, 2.24) is 0 Å². The summed E-state index contributed by atoms with van der Waals surface area (Å²) < 4.78 is 0. The van der Waals surface area contributed by atoms with E-state index in [2.05, 4.69) is 5.32 Å². The van der Waals surface area contributed by atoms with Crippen LogP contribution in [0.1, 0.15) is 31.1 Å². The third-order valence-corrected chi connectivity index (χ3v) is 4.51. The summed E-state index contributed by atoms with van der Waals surface area (Å²) in [5, 5.41) is 3.30. The van der Waals surface area contributed by atoms with E-state index < -0.39 is 0 Å². The van der Waals surface area contributed by atoms with Crippen LogP contribution in [0.2, 0.25) is 5.02 Å². The number of hydrogen-bond acceptors (Lipinski definition) is 3. The molecule has 3 amide bonds. The van der Waals surface area contributed by atoms with E-state index in [0.717, 1.165) is 4.90 Å². The molecule has 0 aromatic heterocycles. The summed E-state index contributed by atoms with van der Waals surface area (Å²) in [4.78, 5) is 38.7. The molecule has 27 heavy (non-hydrogen) atoms. The number of fused-ring (bicyclic) bond motifs is 1. The molecule has 1 aliphatic rings. The van der Waals surface area contributed by atoms with Crippen molar-refractivity contribution in [1.29, 1.82) is 0 Å². The highest BCUT2D eigenvalue weighted by Gasteiger charge is 2.36. The first-order chi connectivity index (χ1) is 13.0. The molecule has 0 fully saturated rings. The number of benzene rings is 3. The fraction of sp³-hybridized carbons (Fsp3) is 0. The van der Waals surface area contributed by atoms with Gasteiger partial charge in [0.1, 0.15) is 0 Å². The van der Waals surface area contributed by atoms with Crippen LogP contribution in [0.15, 0.2) is 72.8 Å². The monoisotopic (exact) mass is 376 g/mol. The van der Waals surface area contributed by atoms with Gasteiger partial charge < -0.3 is 5.32 Å². The first-order valence-electron chi connectivity index (χ1n) is 8.19. The van der Waals surface area contributed by atoms with Gasteiger partial charge in [0, 0.05) is 16.3 Å². The zero-order valence-corrected chi connectivity index (χ0v) is 14.7. The molecule has 1 aliphatic heterocycles. The molecule has 132 valence electrons. The highest BCUT2D eigenvalue weighted by Crippen LogP contribution is 2.29. The molecule has 4 rings (SSSR count). The average molecular weight is 377 g/mol. The third-order valence-electron chi connectivity index (χ3n) is 4.26. The standard InChI is InChI=1S/C21H13ClN2O3/c22-14-10-8-13(9-11-14)19(25)23-15-4-3-5-16(12-15)24-20(26)17-6-1-2-7-18(17)21(24)27/h1-12H,(H,23,25). The molecule has 0 saturated carbocycles. The molecule has 0 spiro atoms. The van der Waals surface area contributed by atoms with Gasteiger partial charge in [0.2, 0.25) is 0 Å². The van der Waals surface area contributed by atoms with Crippen molar-refractivity contribution in [2.75, 3.05) is 10.2 Å². The lowest BCUT2D eigenvalue weighted by Crippen LogP contribution is -2.29. The summed E-state index contributed by atoms with van der Waals surface area (Å²) in [5.74, 6) is -1.07. The number of halogens is 1. The average Bonchev–Trinajstić information content (AvgIpc) is 2.93. The highest BCUT2D eigenvalue weighted by molar-refractivity contribution is 6.34. The van der Waals surface area contributed by atoms with Gasteiger partial charge >= 0.3 is 0 Å². The number of carbonyl (C=O) groups excluding carboxylic acids is 3. The van der Waals surface area contributed by atoms with Crippen LogP contribution in [-0.2, 0) is 0 Å². The number of imide groups is 1. The van der Waals surface area contributed by atoms with Gasteiger partial charge in [0.15, 0.2) is 0 Å². The molecular formula is C21H13ClN2O3. The normalized spacial score (nSPS) is 12.9. The van der Waals surface area contributed by atoms with Crippen LogP contribution in [0.4, 0.5) is 11.4 Å². The van der Waals surface area contributed by atoms with E-state index >= 15 is 0 Å². The number of carbonyl (C=O) groups is 3. The minimum absolute atomic E-state index is 0.314. The number of nitrogens with zero attached hydrogens (tertiary/aromatic N) is 1. The SMILES string of the molecule is O=C(Nc1cccc(N2C(=O)c3ccccc3C2=O)c1)c1ccc(Cl)cc1. The Hall–Kier alpha value is -3.44. The second kappa shape index (κ2) is 6.70. The fourth-order valence-electron chi connectivity index (χ4n) is 2.95. The van der Waals surface area contributed by atoms with E-state index in [4.69, 9.17) is 11.6 Å². The van der Waals surface area contributed by atoms with Crippen molar-refractivity contribution in [3.05, 3.63) is 94.5 Å². The predicted octanol–water partition coefficient (Wildman–Crippen LogP) is 4.39. The lowest BCUT2D eigenvalue weighted by Gasteiger charge is -2.15. The maximum absolute atomic E-state index is 12.6. The highest BCUT2D eigenvalue weighted by atomic mass is 35.5. The van der Waals surface area contributed by atoms with E-state index in [1.807, 2.05) is 0 Å². The van der Waals surface area contributed by atoms with Gasteiger partial charge in [-0.1, -0.05) is 29.8 Å². The Bertz CT molecular complexity index is 1040. The van der Waals surface area contributed by atoms with E-state index in [1.165, 1.54) is 0 Å². The smallest absolute Gasteiger partial charge is 0.266 e. The molecule has 6 heteroatoms. The van der Waals surface area contributed by atoms with Gasteiger partial charge in [-0.3, -0.25) is 14.4 Å². The van der Waals surface area contributed by atoms with Crippen LogP contribution in [0.25, 0.3) is 0 Å². The van der Waals surface area contributed by atoms with Crippen molar-refractivity contribution >= 4 is 40.7 Å². The van der Waals surface area contributed by atoms with Gasteiger partial charge in [0.05, 0.1) is 16.8 Å². The lowest BCUT2D eigenvalue weighted by molar-refractivity contribution is 0.0925. The molecule has 1 heterocycles. The second-order valence-electron chi connectivity index (χ2n) is 6.00. The van der Waals surface area contributed by atoms with Gasteiger partial charge in [-0.25, -0.2) is 4.90 Å². The zero-order valence-electron chi connectivity index (χ0n) is 14.0. The summed E-state index contributed by atoms with van der Waals surface area (Å²) in [6.45, 7) is 0. The van der Waals surface area contributed by atoms with E-state index in [-0.39, 0.29) is 17.7 Å². The topological polar surface area (TPSA) is 66.5 Å². The first-order valence-corrected chi connectivity index (χ1v) is 8.57. The minimum Gasteiger partial charge on any atom is -0.322 e. The van der Waals surface area contributed by atoms with Crippen molar-refractivity contribution < 1.29 is 14.4 Å². The molecule has 0 atom stereocenters. The number of hydrogen-bond donors (Lipinski definition) is 1. The predicted molar refractivity (Wildman–Crippen MR) is 103 cm³/mol. The zero-order chi connectivity index (χ0) is 19.0. The van der Waals surface area contributed by atoms with Crippen molar-refractivity contribution in [3.8, 4) is 0 Å². The Morgan fingerprint density at radius 3 is 2.07 bits per heavy atom. The Kier molecular flexibility index (Phi) is 4.22. The summed E-state index contributed by atoms with van der Waals surface area (Å²) in [5.41, 5.74) is 2.07. The molecule has 1 N–H and O–H groups in total. The Morgan fingerprint density at radius 1 is 0.815 bits per heavy atom. The van der Waals surface area contributed by atoms with Crippen LogP contribution < -0.4 is 10.2 Å². The van der Waals surface area contributed by atoms with Crippen LogP contribution >= 0.6 is 11.6 Å². The van der Waals surface area contributed by atoms with Crippen molar-refractivity contribution in [3.63, 3.8) is 0 Å². The van der Waals surface area contributed by atoms with E-state index in [1.54, 1.807) is 72.8 Å². The lowest BCUT2D eigenvalue weighted by atomic mass is 10.1. The van der Waals surface area contributed by atoms with Crippen molar-refractivity contribution in [2.45, 2.75) is 0 Å². The Balaban J connectivity index is 1.60. The number of amides is 3. The molecule has 3 aromatic rings. The number of anilines is 2. The van der Waals surface area contributed by atoms with Crippen LogP contribution in [0, 0.1) is 0 Å². The van der Waals surface area contributed by atoms with Crippen molar-refractivity contribution in [2.24, 2.45) is 0 Å². The maximum Gasteiger partial charge on any atom is 0.266 e. The van der Waals surface area contributed by atoms with Gasteiger partial charge in [-0.15, -0.1) is 0 Å². The Labute approximate surface area is 160 Å².